The highest BCUT2D eigenvalue weighted by atomic mass is 35.5. The number of nitrogens with zero attached hydrogens (tertiary/aromatic N) is 3. The second-order valence-electron chi connectivity index (χ2n) is 3.90. The molecule has 0 amide bonds. The Morgan fingerprint density at radius 3 is 2.74 bits per heavy atom. The third kappa shape index (κ3) is 3.11. The van der Waals surface area contributed by atoms with Crippen molar-refractivity contribution < 1.29 is 8.42 Å². The van der Waals surface area contributed by atoms with Crippen molar-refractivity contribution in [1.29, 1.82) is 0 Å². The van der Waals surface area contributed by atoms with E-state index >= 15 is 0 Å². The number of thiazole rings is 1. The second-order valence-corrected chi connectivity index (χ2v) is 7.59. The first-order chi connectivity index (χ1) is 8.91. The van der Waals surface area contributed by atoms with Crippen LogP contribution in [0.4, 0.5) is 0 Å². The van der Waals surface area contributed by atoms with E-state index in [2.05, 4.69) is 9.97 Å². The average Bonchev–Trinajstić information content (AvgIpc) is 2.75. The van der Waals surface area contributed by atoms with Crippen LogP contribution in [0.3, 0.4) is 0 Å². The zero-order chi connectivity index (χ0) is 14.0. The number of halogens is 1. The van der Waals surface area contributed by atoms with Gasteiger partial charge in [-0.2, -0.15) is 4.31 Å². The summed E-state index contributed by atoms with van der Waals surface area (Å²) in [5.41, 5.74) is 0. The highest BCUT2D eigenvalue weighted by Gasteiger charge is 2.24. The minimum Gasteiger partial charge on any atom is -0.250 e. The van der Waals surface area contributed by atoms with Crippen molar-refractivity contribution in [2.45, 2.75) is 18.4 Å². The van der Waals surface area contributed by atoms with E-state index < -0.39 is 10.0 Å². The number of aromatic nitrogens is 2. The van der Waals surface area contributed by atoms with Gasteiger partial charge in [0.05, 0.1) is 5.01 Å². The maximum atomic E-state index is 12.3. The van der Waals surface area contributed by atoms with Crippen LogP contribution in [0.5, 0.6) is 0 Å². The molecule has 0 radical (unpaired) electrons. The van der Waals surface area contributed by atoms with Gasteiger partial charge in [-0.25, -0.2) is 18.4 Å². The molecule has 0 atom stereocenters. The Balaban J connectivity index is 2.27. The topological polar surface area (TPSA) is 63.2 Å². The first-order valence-electron chi connectivity index (χ1n) is 5.39. The summed E-state index contributed by atoms with van der Waals surface area (Å²) in [7, 11) is -2.13. The van der Waals surface area contributed by atoms with Gasteiger partial charge in [0.1, 0.15) is 10.0 Å². The Bertz CT molecular complexity index is 685. The Kier molecular flexibility index (Phi) is 4.19. The standard InChI is InChI=1S/C11H12ClN3O2S2/c1-8-14-6-9(18-8)7-15(2)19(16,17)10-4-3-5-13-11(10)12/h3-6H,7H2,1-2H3. The quantitative estimate of drug-likeness (QED) is 0.812. The fourth-order valence-corrected chi connectivity index (χ4v) is 4.02. The molecule has 5 nitrogen and oxygen atoms in total. The number of hydrogen-bond acceptors (Lipinski definition) is 5. The van der Waals surface area contributed by atoms with Crippen LogP contribution in [0.1, 0.15) is 9.88 Å². The van der Waals surface area contributed by atoms with Crippen LogP contribution in [0.25, 0.3) is 0 Å². The molecule has 0 aliphatic heterocycles. The van der Waals surface area contributed by atoms with Gasteiger partial charge in [-0.1, -0.05) is 11.6 Å². The van der Waals surface area contributed by atoms with E-state index in [9.17, 15) is 8.42 Å². The lowest BCUT2D eigenvalue weighted by Gasteiger charge is -2.16. The van der Waals surface area contributed by atoms with E-state index in [0.717, 1.165) is 9.88 Å². The third-order valence-electron chi connectivity index (χ3n) is 2.46. The lowest BCUT2D eigenvalue weighted by molar-refractivity contribution is 0.469. The highest BCUT2D eigenvalue weighted by Crippen LogP contribution is 2.23. The van der Waals surface area contributed by atoms with Gasteiger partial charge in [0.15, 0.2) is 0 Å². The van der Waals surface area contributed by atoms with E-state index in [0.29, 0.717) is 0 Å². The predicted molar refractivity (Wildman–Crippen MR) is 74.8 cm³/mol. The monoisotopic (exact) mass is 317 g/mol. The van der Waals surface area contributed by atoms with Gasteiger partial charge < -0.3 is 0 Å². The largest absolute Gasteiger partial charge is 0.250 e. The van der Waals surface area contributed by atoms with Crippen molar-refractivity contribution in [3.63, 3.8) is 0 Å². The molecule has 2 rings (SSSR count). The highest BCUT2D eigenvalue weighted by molar-refractivity contribution is 7.89. The third-order valence-corrected chi connectivity index (χ3v) is 5.61. The summed E-state index contributed by atoms with van der Waals surface area (Å²) in [4.78, 5) is 8.78. The van der Waals surface area contributed by atoms with Crippen LogP contribution in [-0.4, -0.2) is 29.7 Å². The van der Waals surface area contributed by atoms with Crippen molar-refractivity contribution in [3.05, 3.63) is 39.6 Å². The zero-order valence-electron chi connectivity index (χ0n) is 10.4. The van der Waals surface area contributed by atoms with Crippen molar-refractivity contribution >= 4 is 33.0 Å². The van der Waals surface area contributed by atoms with Crippen LogP contribution in [0.15, 0.2) is 29.4 Å². The molecule has 0 unspecified atom stereocenters. The number of aryl methyl sites for hydroxylation is 1. The molecule has 0 aliphatic carbocycles. The van der Waals surface area contributed by atoms with E-state index in [1.165, 1.54) is 35.0 Å². The van der Waals surface area contributed by atoms with Crippen molar-refractivity contribution in [3.8, 4) is 0 Å². The smallest absolute Gasteiger partial charge is 0.246 e. The van der Waals surface area contributed by atoms with Gasteiger partial charge in [0.2, 0.25) is 10.0 Å². The Labute approximate surface area is 120 Å². The van der Waals surface area contributed by atoms with Crippen LogP contribution >= 0.6 is 22.9 Å². The SMILES string of the molecule is Cc1ncc(CN(C)S(=O)(=O)c2cccnc2Cl)s1. The zero-order valence-corrected chi connectivity index (χ0v) is 12.8. The normalized spacial score (nSPS) is 12.0. The molecule has 2 heterocycles. The van der Waals surface area contributed by atoms with Gasteiger partial charge in [-0.05, 0) is 19.1 Å². The summed E-state index contributed by atoms with van der Waals surface area (Å²) in [6.07, 6.45) is 3.13. The molecular weight excluding hydrogens is 306 g/mol. The lowest BCUT2D eigenvalue weighted by Crippen LogP contribution is -2.26. The molecule has 0 saturated heterocycles. The first-order valence-corrected chi connectivity index (χ1v) is 8.03. The Hall–Kier alpha value is -1.02. The maximum Gasteiger partial charge on any atom is 0.246 e. The van der Waals surface area contributed by atoms with E-state index in [-0.39, 0.29) is 16.6 Å². The summed E-state index contributed by atoms with van der Waals surface area (Å²) in [6.45, 7) is 2.14. The summed E-state index contributed by atoms with van der Waals surface area (Å²) < 4.78 is 25.9. The molecular formula is C11H12ClN3O2S2. The van der Waals surface area contributed by atoms with Crippen molar-refractivity contribution in [2.75, 3.05) is 7.05 Å². The number of sulfonamides is 1. The van der Waals surface area contributed by atoms with Gasteiger partial charge in [-0.15, -0.1) is 11.3 Å². The average molecular weight is 318 g/mol. The number of rotatable bonds is 4. The van der Waals surface area contributed by atoms with E-state index in [4.69, 9.17) is 11.6 Å². The fraction of sp³-hybridized carbons (Fsp3) is 0.273. The fourth-order valence-electron chi connectivity index (χ4n) is 1.51. The van der Waals surface area contributed by atoms with Crippen LogP contribution < -0.4 is 0 Å². The predicted octanol–water partition coefficient (Wildman–Crippen LogP) is 2.32. The molecule has 2 aromatic rings. The minimum absolute atomic E-state index is 0.0143. The second kappa shape index (κ2) is 5.54. The summed E-state index contributed by atoms with van der Waals surface area (Å²) >= 11 is 7.30. The molecule has 8 heteroatoms. The molecule has 2 aromatic heterocycles. The summed E-state index contributed by atoms with van der Waals surface area (Å²) in [6, 6.07) is 2.99. The summed E-state index contributed by atoms with van der Waals surface area (Å²) in [5.74, 6) is 0. The van der Waals surface area contributed by atoms with E-state index in [1.54, 1.807) is 12.3 Å². The van der Waals surface area contributed by atoms with Crippen LogP contribution in [0, 0.1) is 6.92 Å². The molecule has 0 bridgehead atoms. The molecule has 0 N–H and O–H groups in total. The molecule has 0 spiro atoms. The molecule has 19 heavy (non-hydrogen) atoms. The van der Waals surface area contributed by atoms with Gasteiger partial charge in [0, 0.05) is 30.9 Å². The molecule has 102 valence electrons. The maximum absolute atomic E-state index is 12.3. The van der Waals surface area contributed by atoms with Gasteiger partial charge in [0.25, 0.3) is 0 Å². The van der Waals surface area contributed by atoms with E-state index in [1.807, 2.05) is 6.92 Å². The Morgan fingerprint density at radius 1 is 1.42 bits per heavy atom. The van der Waals surface area contributed by atoms with Gasteiger partial charge >= 0.3 is 0 Å². The summed E-state index contributed by atoms with van der Waals surface area (Å²) in [5, 5.41) is 0.884. The molecule has 0 saturated carbocycles. The van der Waals surface area contributed by atoms with Crippen molar-refractivity contribution in [1.82, 2.24) is 14.3 Å². The number of hydrogen-bond donors (Lipinski definition) is 0. The van der Waals surface area contributed by atoms with Crippen LogP contribution in [0.2, 0.25) is 5.15 Å². The number of pyridine rings is 1. The first kappa shape index (κ1) is 14.4. The van der Waals surface area contributed by atoms with Gasteiger partial charge in [-0.3, -0.25) is 0 Å². The van der Waals surface area contributed by atoms with Crippen LogP contribution in [-0.2, 0) is 16.6 Å². The minimum atomic E-state index is -3.64. The molecule has 0 aromatic carbocycles. The Morgan fingerprint density at radius 2 is 2.16 bits per heavy atom. The molecule has 0 aliphatic rings. The lowest BCUT2D eigenvalue weighted by atomic mass is 10.5. The van der Waals surface area contributed by atoms with Crippen molar-refractivity contribution in [2.24, 2.45) is 0 Å². The molecule has 0 fully saturated rings.